The van der Waals surface area contributed by atoms with E-state index in [0.29, 0.717) is 29.4 Å². The zero-order chi connectivity index (χ0) is 21.1. The molecule has 158 valence electrons. The molecule has 2 heterocycles. The minimum Gasteiger partial charge on any atom is -0.374 e. The van der Waals surface area contributed by atoms with Gasteiger partial charge in [0, 0.05) is 35.9 Å². The van der Waals surface area contributed by atoms with Gasteiger partial charge >= 0.3 is 0 Å². The van der Waals surface area contributed by atoms with Crippen LogP contribution in [-0.2, 0) is 16.9 Å². The molecule has 4 rings (SSSR count). The van der Waals surface area contributed by atoms with Crippen LogP contribution >= 0.6 is 11.8 Å². The second-order valence-electron chi connectivity index (χ2n) is 7.97. The van der Waals surface area contributed by atoms with Gasteiger partial charge < -0.3 is 15.4 Å². The number of aliphatic imine (C=N–C) groups is 1. The van der Waals surface area contributed by atoms with E-state index < -0.39 is 5.54 Å². The predicted molar refractivity (Wildman–Crippen MR) is 118 cm³/mol. The van der Waals surface area contributed by atoms with Crippen molar-refractivity contribution in [1.29, 1.82) is 0 Å². The van der Waals surface area contributed by atoms with E-state index in [9.17, 15) is 4.79 Å². The fourth-order valence-electron chi connectivity index (χ4n) is 3.93. The van der Waals surface area contributed by atoms with Crippen LogP contribution in [0, 0.1) is 11.7 Å². The average Bonchev–Trinajstić information content (AvgIpc) is 3.17. The summed E-state index contributed by atoms with van der Waals surface area (Å²) in [4.78, 5) is 17.5. The number of hydrogen-bond donors (Lipinski definition) is 2. The number of halogens is 1. The Morgan fingerprint density at radius 1 is 1.33 bits per heavy atom. The highest BCUT2D eigenvalue weighted by molar-refractivity contribution is 8.13. The fraction of sp³-hybridized carbons (Fsp3) is 0.391. The molecule has 2 atom stereocenters. The number of carbonyl (C=O) groups excluding carboxylic acids is 1. The van der Waals surface area contributed by atoms with Gasteiger partial charge in [0.2, 0.25) is 0 Å². The van der Waals surface area contributed by atoms with Crippen molar-refractivity contribution in [2.75, 3.05) is 18.8 Å². The molecule has 2 N–H and O–H groups in total. The summed E-state index contributed by atoms with van der Waals surface area (Å²) in [6.07, 6.45) is 0.0986. The first-order valence-corrected chi connectivity index (χ1v) is 11.2. The van der Waals surface area contributed by atoms with Gasteiger partial charge in [-0.05, 0) is 43.7 Å². The Labute approximate surface area is 180 Å². The van der Waals surface area contributed by atoms with Gasteiger partial charge in [0.05, 0.1) is 12.7 Å². The molecule has 7 heteroatoms. The lowest BCUT2D eigenvalue weighted by Gasteiger charge is -2.36. The van der Waals surface area contributed by atoms with Crippen molar-refractivity contribution in [2.24, 2.45) is 10.9 Å². The molecule has 2 aliphatic heterocycles. The van der Waals surface area contributed by atoms with Crippen molar-refractivity contribution in [3.63, 3.8) is 0 Å². The number of nitrogens with zero attached hydrogens (tertiary/aromatic N) is 1. The number of thioether (sulfide) groups is 1. The van der Waals surface area contributed by atoms with Gasteiger partial charge in [0.15, 0.2) is 5.17 Å². The van der Waals surface area contributed by atoms with Crippen LogP contribution < -0.4 is 10.6 Å². The monoisotopic (exact) mass is 427 g/mol. The third kappa shape index (κ3) is 4.29. The molecule has 0 spiro atoms. The minimum absolute atomic E-state index is 0.0986. The van der Waals surface area contributed by atoms with E-state index in [2.05, 4.69) is 10.6 Å². The van der Waals surface area contributed by atoms with Crippen LogP contribution in [0.15, 0.2) is 53.5 Å². The highest BCUT2D eigenvalue weighted by Crippen LogP contribution is 2.44. The predicted octanol–water partition coefficient (Wildman–Crippen LogP) is 3.70. The number of fused-ring (bicyclic) bond motifs is 1. The van der Waals surface area contributed by atoms with Crippen LogP contribution in [0.3, 0.4) is 0 Å². The molecule has 0 bridgehead atoms. The summed E-state index contributed by atoms with van der Waals surface area (Å²) in [6, 6.07) is 14.2. The second kappa shape index (κ2) is 8.88. The zero-order valence-electron chi connectivity index (χ0n) is 17.2. The largest absolute Gasteiger partial charge is 0.374 e. The molecule has 0 aromatic heterocycles. The van der Waals surface area contributed by atoms with Crippen LogP contribution in [0.25, 0.3) is 0 Å². The van der Waals surface area contributed by atoms with Crippen molar-refractivity contribution in [1.82, 2.24) is 10.6 Å². The van der Waals surface area contributed by atoms with Crippen LogP contribution in [0.1, 0.15) is 35.3 Å². The molecule has 0 radical (unpaired) electrons. The lowest BCUT2D eigenvalue weighted by molar-refractivity contribution is 0.0655. The summed E-state index contributed by atoms with van der Waals surface area (Å²) in [5.74, 6) is 0.422. The van der Waals surface area contributed by atoms with Gasteiger partial charge in [-0.3, -0.25) is 4.79 Å². The molecule has 5 nitrogen and oxygen atoms in total. The standard InChI is InChI=1S/C23H26FN3O2S/c1-15(2)29-12-16-8-9-20(24)19(10-16)23-14-25-11-18(23)13-30-22(27-23)26-21(28)17-6-4-3-5-7-17/h3-10,15,18,25H,11-14H2,1-2H3,(H,26,27,28). The molecule has 0 saturated carbocycles. The molecular formula is C23H26FN3O2S. The number of amides is 1. The van der Waals surface area contributed by atoms with Gasteiger partial charge in [-0.2, -0.15) is 0 Å². The van der Waals surface area contributed by atoms with Crippen molar-refractivity contribution < 1.29 is 13.9 Å². The molecule has 30 heavy (non-hydrogen) atoms. The summed E-state index contributed by atoms with van der Waals surface area (Å²) in [6.45, 7) is 5.68. The first kappa shape index (κ1) is 21.0. The first-order valence-electron chi connectivity index (χ1n) is 10.2. The summed E-state index contributed by atoms with van der Waals surface area (Å²) in [5, 5.41) is 6.82. The Bertz CT molecular complexity index is 951. The average molecular weight is 428 g/mol. The summed E-state index contributed by atoms with van der Waals surface area (Å²) in [5.41, 5.74) is 1.32. The Morgan fingerprint density at radius 3 is 2.90 bits per heavy atom. The van der Waals surface area contributed by atoms with E-state index in [4.69, 9.17) is 9.73 Å². The molecule has 2 unspecified atom stereocenters. The van der Waals surface area contributed by atoms with E-state index in [0.717, 1.165) is 17.9 Å². The van der Waals surface area contributed by atoms with Gasteiger partial charge in [-0.25, -0.2) is 9.38 Å². The Balaban J connectivity index is 1.65. The van der Waals surface area contributed by atoms with E-state index >= 15 is 4.39 Å². The summed E-state index contributed by atoms with van der Waals surface area (Å²) >= 11 is 1.51. The van der Waals surface area contributed by atoms with Gasteiger partial charge in [0.25, 0.3) is 5.91 Å². The Kier molecular flexibility index (Phi) is 6.22. The van der Waals surface area contributed by atoms with Gasteiger partial charge in [-0.1, -0.05) is 36.0 Å². The van der Waals surface area contributed by atoms with E-state index in [1.807, 2.05) is 38.1 Å². The highest BCUT2D eigenvalue weighted by atomic mass is 32.2. The number of amidine groups is 1. The van der Waals surface area contributed by atoms with Crippen LogP contribution in [0.4, 0.5) is 4.39 Å². The molecule has 1 saturated heterocycles. The highest BCUT2D eigenvalue weighted by Gasteiger charge is 2.48. The second-order valence-corrected chi connectivity index (χ2v) is 8.98. The van der Waals surface area contributed by atoms with Crippen molar-refractivity contribution in [3.8, 4) is 0 Å². The number of hydrogen-bond acceptors (Lipinski definition) is 5. The maximum absolute atomic E-state index is 15.0. The third-order valence-electron chi connectivity index (χ3n) is 5.52. The van der Waals surface area contributed by atoms with Gasteiger partial charge in [-0.15, -0.1) is 0 Å². The normalized spacial score (nSPS) is 23.2. The molecule has 0 aliphatic carbocycles. The van der Waals surface area contributed by atoms with Crippen molar-refractivity contribution >= 4 is 22.8 Å². The topological polar surface area (TPSA) is 62.7 Å². The molecule has 1 amide bonds. The number of rotatable bonds is 5. The number of benzene rings is 2. The van der Waals surface area contributed by atoms with E-state index in [1.54, 1.807) is 18.2 Å². The molecule has 2 aromatic carbocycles. The fourth-order valence-corrected chi connectivity index (χ4v) is 5.07. The van der Waals surface area contributed by atoms with Crippen molar-refractivity contribution in [3.05, 3.63) is 71.0 Å². The van der Waals surface area contributed by atoms with Crippen molar-refractivity contribution in [2.45, 2.75) is 32.1 Å². The number of nitrogens with one attached hydrogen (secondary N) is 2. The quantitative estimate of drug-likeness (QED) is 0.764. The lowest BCUT2D eigenvalue weighted by atomic mass is 9.81. The smallest absolute Gasteiger partial charge is 0.257 e. The van der Waals surface area contributed by atoms with E-state index in [1.165, 1.54) is 17.8 Å². The van der Waals surface area contributed by atoms with Crippen LogP contribution in [-0.4, -0.2) is 36.0 Å². The SMILES string of the molecule is CC(C)OCc1ccc(F)c(C23CNCC2CSC(NC(=O)c2ccccc2)=N3)c1. The molecule has 1 fully saturated rings. The Hall–Kier alpha value is -2.22. The Morgan fingerprint density at radius 2 is 2.13 bits per heavy atom. The minimum atomic E-state index is -0.734. The molecule has 2 aromatic rings. The number of ether oxygens (including phenoxy) is 1. The maximum Gasteiger partial charge on any atom is 0.257 e. The molecular weight excluding hydrogens is 401 g/mol. The summed E-state index contributed by atoms with van der Waals surface area (Å²) < 4.78 is 20.7. The van der Waals surface area contributed by atoms with E-state index in [-0.39, 0.29) is 23.7 Å². The first-order chi connectivity index (χ1) is 14.5. The van der Waals surface area contributed by atoms with Crippen LogP contribution in [0.2, 0.25) is 0 Å². The summed E-state index contributed by atoms with van der Waals surface area (Å²) in [7, 11) is 0. The van der Waals surface area contributed by atoms with Crippen LogP contribution in [0.5, 0.6) is 0 Å². The third-order valence-corrected chi connectivity index (χ3v) is 6.56. The number of carbonyl (C=O) groups is 1. The van der Waals surface area contributed by atoms with Gasteiger partial charge in [0.1, 0.15) is 11.4 Å². The lowest BCUT2D eigenvalue weighted by Crippen LogP contribution is -2.43. The maximum atomic E-state index is 15.0. The molecule has 2 aliphatic rings. The zero-order valence-corrected chi connectivity index (χ0v) is 18.0.